The number of furan rings is 1. The van der Waals surface area contributed by atoms with E-state index in [0.29, 0.717) is 12.2 Å². The van der Waals surface area contributed by atoms with Crippen LogP contribution in [0.15, 0.2) is 16.7 Å². The van der Waals surface area contributed by atoms with Crippen LogP contribution in [0, 0.1) is 6.92 Å². The van der Waals surface area contributed by atoms with E-state index in [1.807, 2.05) is 13.0 Å². The summed E-state index contributed by atoms with van der Waals surface area (Å²) in [7, 11) is -2.94. The lowest BCUT2D eigenvalue weighted by Crippen LogP contribution is -2.15. The summed E-state index contributed by atoms with van der Waals surface area (Å²) in [6.45, 7) is 1.89. The van der Waals surface area contributed by atoms with Gasteiger partial charge in [-0.3, -0.25) is 0 Å². The van der Waals surface area contributed by atoms with Gasteiger partial charge in [0.1, 0.15) is 15.6 Å². The minimum atomic E-state index is -2.94. The lowest BCUT2D eigenvalue weighted by atomic mass is 10.1. The Labute approximate surface area is 84.0 Å². The molecule has 14 heavy (non-hydrogen) atoms. The van der Waals surface area contributed by atoms with E-state index in [1.54, 1.807) is 6.26 Å². The maximum Gasteiger partial charge on any atom is 0.147 e. The molecule has 4 nitrogen and oxygen atoms in total. The number of rotatable bonds is 4. The minimum Gasteiger partial charge on any atom is -0.467 e. The fourth-order valence-electron chi connectivity index (χ4n) is 1.24. The van der Waals surface area contributed by atoms with Crippen molar-refractivity contribution in [1.29, 1.82) is 0 Å². The van der Waals surface area contributed by atoms with E-state index in [1.165, 1.54) is 6.26 Å². The molecular weight excluding hydrogens is 202 g/mol. The van der Waals surface area contributed by atoms with E-state index >= 15 is 0 Å². The minimum absolute atomic E-state index is 0.0916. The van der Waals surface area contributed by atoms with Gasteiger partial charge in [-0.15, -0.1) is 0 Å². The zero-order chi connectivity index (χ0) is 10.8. The molecule has 0 amide bonds. The molecule has 0 saturated carbocycles. The zero-order valence-electron chi connectivity index (χ0n) is 8.36. The molecule has 5 heteroatoms. The highest BCUT2D eigenvalue weighted by atomic mass is 32.2. The second-order valence-electron chi connectivity index (χ2n) is 3.49. The number of hydrogen-bond donors (Lipinski definition) is 1. The van der Waals surface area contributed by atoms with Gasteiger partial charge in [-0.2, -0.15) is 0 Å². The van der Waals surface area contributed by atoms with E-state index in [9.17, 15) is 8.42 Å². The van der Waals surface area contributed by atoms with Crippen molar-refractivity contribution >= 4 is 9.84 Å². The van der Waals surface area contributed by atoms with E-state index in [2.05, 4.69) is 0 Å². The topological polar surface area (TPSA) is 73.3 Å². The van der Waals surface area contributed by atoms with Crippen LogP contribution in [0.4, 0.5) is 0 Å². The molecule has 1 atom stereocenters. The van der Waals surface area contributed by atoms with Crippen molar-refractivity contribution in [3.8, 4) is 0 Å². The normalized spacial score (nSPS) is 14.2. The first-order valence-corrected chi connectivity index (χ1v) is 6.43. The van der Waals surface area contributed by atoms with Crippen LogP contribution in [-0.4, -0.2) is 20.4 Å². The molecule has 0 bridgehead atoms. The van der Waals surface area contributed by atoms with Crippen molar-refractivity contribution in [3.05, 3.63) is 23.7 Å². The lowest BCUT2D eigenvalue weighted by Gasteiger charge is -2.08. The largest absolute Gasteiger partial charge is 0.467 e. The Kier molecular flexibility index (Phi) is 3.34. The number of hydrogen-bond acceptors (Lipinski definition) is 4. The first kappa shape index (κ1) is 11.3. The molecule has 1 aromatic rings. The van der Waals surface area contributed by atoms with Crippen molar-refractivity contribution < 1.29 is 12.8 Å². The molecule has 0 spiro atoms. The van der Waals surface area contributed by atoms with Gasteiger partial charge in [-0.05, 0) is 25.0 Å². The van der Waals surface area contributed by atoms with Crippen LogP contribution in [0.2, 0.25) is 0 Å². The molecule has 1 aromatic heterocycles. The van der Waals surface area contributed by atoms with Crippen LogP contribution in [0.3, 0.4) is 0 Å². The Hall–Kier alpha value is -0.810. The summed E-state index contributed by atoms with van der Waals surface area (Å²) in [6.07, 6.45) is 3.16. The second-order valence-corrected chi connectivity index (χ2v) is 5.75. The molecule has 1 unspecified atom stereocenters. The molecule has 1 rings (SSSR count). The highest BCUT2D eigenvalue weighted by Crippen LogP contribution is 2.19. The van der Waals surface area contributed by atoms with E-state index in [-0.39, 0.29) is 11.8 Å². The monoisotopic (exact) mass is 217 g/mol. The van der Waals surface area contributed by atoms with Gasteiger partial charge in [-0.1, -0.05) is 0 Å². The average Bonchev–Trinajstić information content (AvgIpc) is 2.46. The SMILES string of the molecule is Cc1ccoc1C(N)CCS(C)(=O)=O. The van der Waals surface area contributed by atoms with Crippen molar-refractivity contribution in [2.75, 3.05) is 12.0 Å². The van der Waals surface area contributed by atoms with Crippen molar-refractivity contribution in [3.63, 3.8) is 0 Å². The fraction of sp³-hybridized carbons (Fsp3) is 0.556. The molecule has 80 valence electrons. The Morgan fingerprint density at radius 3 is 2.64 bits per heavy atom. The quantitative estimate of drug-likeness (QED) is 0.817. The van der Waals surface area contributed by atoms with Crippen LogP contribution in [-0.2, 0) is 9.84 Å². The zero-order valence-corrected chi connectivity index (χ0v) is 9.17. The summed E-state index contributed by atoms with van der Waals surface area (Å²) in [4.78, 5) is 0. The summed E-state index contributed by atoms with van der Waals surface area (Å²) in [6, 6.07) is 1.48. The predicted octanol–water partition coefficient (Wildman–Crippen LogP) is 1.02. The van der Waals surface area contributed by atoms with Gasteiger partial charge in [0.15, 0.2) is 0 Å². The summed E-state index contributed by atoms with van der Waals surface area (Å²) < 4.78 is 27.0. The van der Waals surface area contributed by atoms with Crippen LogP contribution >= 0.6 is 0 Å². The highest BCUT2D eigenvalue weighted by Gasteiger charge is 2.14. The lowest BCUT2D eigenvalue weighted by molar-refractivity contribution is 0.457. The Morgan fingerprint density at radius 2 is 2.21 bits per heavy atom. The van der Waals surface area contributed by atoms with Gasteiger partial charge in [0.25, 0.3) is 0 Å². The smallest absolute Gasteiger partial charge is 0.147 e. The van der Waals surface area contributed by atoms with Gasteiger partial charge >= 0.3 is 0 Å². The molecular formula is C9H15NO3S. The predicted molar refractivity (Wildman–Crippen MR) is 54.7 cm³/mol. The van der Waals surface area contributed by atoms with Crippen molar-refractivity contribution in [2.24, 2.45) is 5.73 Å². The maximum absolute atomic E-state index is 10.9. The van der Waals surface area contributed by atoms with Crippen molar-refractivity contribution in [2.45, 2.75) is 19.4 Å². The van der Waals surface area contributed by atoms with E-state index in [4.69, 9.17) is 10.2 Å². The summed E-state index contributed by atoms with van der Waals surface area (Å²) >= 11 is 0. The van der Waals surface area contributed by atoms with E-state index in [0.717, 1.165) is 5.56 Å². The molecule has 0 aliphatic heterocycles. The molecule has 1 heterocycles. The summed E-state index contributed by atoms with van der Waals surface area (Å²) in [5.74, 6) is 0.766. The van der Waals surface area contributed by atoms with Gasteiger partial charge in [0.2, 0.25) is 0 Å². The second kappa shape index (κ2) is 4.14. The first-order valence-electron chi connectivity index (χ1n) is 4.37. The van der Waals surface area contributed by atoms with E-state index < -0.39 is 9.84 Å². The number of nitrogens with two attached hydrogens (primary N) is 1. The number of sulfone groups is 1. The highest BCUT2D eigenvalue weighted by molar-refractivity contribution is 7.90. The third kappa shape index (κ3) is 3.16. The summed E-state index contributed by atoms with van der Waals surface area (Å²) in [5.41, 5.74) is 6.75. The summed E-state index contributed by atoms with van der Waals surface area (Å²) in [5, 5.41) is 0. The molecule has 0 aliphatic carbocycles. The Morgan fingerprint density at radius 1 is 1.57 bits per heavy atom. The maximum atomic E-state index is 10.9. The average molecular weight is 217 g/mol. The van der Waals surface area contributed by atoms with Gasteiger partial charge < -0.3 is 10.2 Å². The fourth-order valence-corrected chi connectivity index (χ4v) is 1.92. The Bertz CT molecular complexity index is 394. The third-order valence-electron chi connectivity index (χ3n) is 2.04. The van der Waals surface area contributed by atoms with Gasteiger partial charge in [0, 0.05) is 6.26 Å². The van der Waals surface area contributed by atoms with Crippen molar-refractivity contribution in [1.82, 2.24) is 0 Å². The molecule has 2 N–H and O–H groups in total. The van der Waals surface area contributed by atoms with Crippen LogP contribution < -0.4 is 5.73 Å². The molecule has 0 radical (unpaired) electrons. The van der Waals surface area contributed by atoms with Crippen LogP contribution in [0.25, 0.3) is 0 Å². The third-order valence-corrected chi connectivity index (χ3v) is 3.02. The first-order chi connectivity index (χ1) is 6.40. The van der Waals surface area contributed by atoms with Gasteiger partial charge in [-0.25, -0.2) is 8.42 Å². The molecule has 0 fully saturated rings. The standard InChI is InChI=1S/C9H15NO3S/c1-7-3-5-13-9(7)8(10)4-6-14(2,11)12/h3,5,8H,4,6,10H2,1-2H3. The molecule has 0 aromatic carbocycles. The molecule has 0 aliphatic rings. The molecule has 0 saturated heterocycles. The Balaban J connectivity index is 2.60. The van der Waals surface area contributed by atoms with Crippen LogP contribution in [0.1, 0.15) is 23.8 Å². The van der Waals surface area contributed by atoms with Gasteiger partial charge in [0.05, 0.1) is 18.1 Å². The number of aryl methyl sites for hydroxylation is 1. The van der Waals surface area contributed by atoms with Crippen LogP contribution in [0.5, 0.6) is 0 Å².